The Balaban J connectivity index is -0.0000000611. The molecule has 0 amide bonds. The van der Waals surface area contributed by atoms with E-state index in [-0.39, 0.29) is 17.1 Å². The van der Waals surface area contributed by atoms with Crippen LogP contribution in [0.1, 0.15) is 237 Å². The average Bonchev–Trinajstić information content (AvgIpc) is 3.37. The normalized spacial score (nSPS) is 8.49. The summed E-state index contributed by atoms with van der Waals surface area (Å²) in [6.07, 6.45) is 35.4. The molecule has 0 saturated heterocycles. The van der Waals surface area contributed by atoms with Crippen molar-refractivity contribution in [2.45, 2.75) is 290 Å². The molecule has 0 heterocycles. The van der Waals surface area contributed by atoms with E-state index in [1.165, 1.54) is 154 Å². The minimum Gasteiger partial charge on any atom is -0.512 e. The number of rotatable bonds is 36. The fourth-order valence-electron chi connectivity index (χ4n) is 6.62. The van der Waals surface area contributed by atoms with Crippen LogP contribution >= 0.6 is 0 Å². The second kappa shape index (κ2) is 111. The van der Waals surface area contributed by atoms with Crippen molar-refractivity contribution < 1.29 is 17.1 Å². The summed E-state index contributed by atoms with van der Waals surface area (Å²) < 4.78 is 20.2. The molecular weight excluding hydrogens is 1260 g/mol. The minimum absolute atomic E-state index is 0. The van der Waals surface area contributed by atoms with E-state index in [0.717, 1.165) is 0 Å². The van der Waals surface area contributed by atoms with Gasteiger partial charge in [0.25, 0.3) is 0 Å². The molecule has 0 bridgehead atoms. The Hall–Kier alpha value is 0.654. The second-order valence-corrected chi connectivity index (χ2v) is 50.5. The zero-order valence-corrected chi connectivity index (χ0v) is 58.0. The molecule has 0 atom stereocenters. The Morgan fingerprint density at radius 3 is 0.292 bits per heavy atom. The van der Waals surface area contributed by atoms with Gasteiger partial charge in [-0.05, 0) is 0 Å². The van der Waals surface area contributed by atoms with Gasteiger partial charge >= 0.3 is 387 Å². The van der Waals surface area contributed by atoms with Gasteiger partial charge < -0.3 is 71.0 Å². The fourth-order valence-corrected chi connectivity index (χ4v) is 44.4. The van der Waals surface area contributed by atoms with E-state index >= 15 is 0 Å². The van der Waals surface area contributed by atoms with E-state index < -0.39 is 79.0 Å². The van der Waals surface area contributed by atoms with Gasteiger partial charge in [0.05, 0.1) is 0 Å². The van der Waals surface area contributed by atoms with Crippen LogP contribution in [0.2, 0.25) is 53.2 Å². The van der Waals surface area contributed by atoms with E-state index in [0.29, 0.717) is 0 Å². The van der Waals surface area contributed by atoms with Gasteiger partial charge in [0, 0.05) is 0 Å². The van der Waals surface area contributed by atoms with Crippen molar-refractivity contribution >= 4 is 79.0 Å². The van der Waals surface area contributed by atoms with Gasteiger partial charge in [-0.2, -0.15) is 0 Å². The van der Waals surface area contributed by atoms with Crippen molar-refractivity contribution in [3.63, 3.8) is 0 Å². The van der Waals surface area contributed by atoms with E-state index in [9.17, 15) is 0 Å². The maximum absolute atomic E-state index is 6.25. The Bertz CT molecular complexity index is 608. The van der Waals surface area contributed by atoms with Crippen LogP contribution in [0.3, 0.4) is 0 Å². The molecule has 0 aromatic rings. The molecule has 378 valence electrons. The first kappa shape index (κ1) is 91.9. The molecule has 0 unspecified atom stereocenters. The van der Waals surface area contributed by atoms with E-state index in [1.807, 2.05) is 0 Å². The van der Waals surface area contributed by atoms with Gasteiger partial charge in [0.1, 0.15) is 0 Å². The van der Waals surface area contributed by atoms with Crippen molar-refractivity contribution in [1.82, 2.24) is 0 Å². The van der Waals surface area contributed by atoms with Crippen LogP contribution in [0.5, 0.6) is 0 Å². The van der Waals surface area contributed by atoms with Crippen LogP contribution in [-0.2, 0) is 17.1 Å². The largest absolute Gasteiger partial charge is 2.00 e. The topological polar surface area (TPSA) is 143 Å². The van der Waals surface area contributed by atoms with Gasteiger partial charge in [0.2, 0.25) is 0 Å². The summed E-state index contributed by atoms with van der Waals surface area (Å²) in [4.78, 5) is 0. The van der Waals surface area contributed by atoms with Crippen molar-refractivity contribution in [3.8, 4) is 0 Å². The predicted molar refractivity (Wildman–Crippen MR) is 289 cm³/mol. The van der Waals surface area contributed by atoms with Gasteiger partial charge in [0.15, 0.2) is 0 Å². The molecule has 11 heteroatoms. The Labute approximate surface area is 452 Å². The Morgan fingerprint density at radius 2 is 0.246 bits per heavy atom. The van der Waals surface area contributed by atoms with Gasteiger partial charge in [-0.3, -0.25) is 0 Å². The first-order chi connectivity index (χ1) is 31.4. The molecule has 0 saturated carbocycles. The molecule has 6 nitrogen and oxygen atoms in total. The minimum atomic E-state index is -0.839. The smallest absolute Gasteiger partial charge is 0.512 e. The Morgan fingerprint density at radius 1 is 0.185 bits per heavy atom. The fraction of sp³-hybridized carbons (Fsp3) is 0.889. The van der Waals surface area contributed by atoms with Gasteiger partial charge in [-0.25, -0.2) is 0 Å². The number of hydrogen-bond donors (Lipinski definition) is 0. The number of nitrogens with zero attached hydrogens (tertiary/aromatic N) is 6. The van der Waals surface area contributed by atoms with E-state index in [1.54, 1.807) is 53.2 Å². The van der Waals surface area contributed by atoms with E-state index in [2.05, 4.69) is 83.1 Å². The molecule has 0 aliphatic rings. The average molecular weight is 1370 g/mol. The maximum Gasteiger partial charge on any atom is 2.00 e. The van der Waals surface area contributed by atoms with Gasteiger partial charge in [-0.1, -0.05) is 0 Å². The zero-order valence-electron chi connectivity index (χ0n) is 45.5. The monoisotopic (exact) mass is 1380 g/mol. The van der Waals surface area contributed by atoms with Crippen molar-refractivity contribution in [3.05, 3.63) is 39.4 Å². The van der Waals surface area contributed by atoms with Crippen LogP contribution in [-0.4, -0.2) is 79.0 Å². The third kappa shape index (κ3) is 107. The standard InChI is InChI=1S/12C4H9.6CN.Fe.4Sn/c12*1-3-4-2;6*1-2;;;;;/h12*1,3-4H2,2H3;;;;;;;;;;;/q;;;;;;;;;;;;6*-1;+2;4*+1. The van der Waals surface area contributed by atoms with Crippen molar-refractivity contribution in [1.29, 1.82) is 31.6 Å². The zero-order chi connectivity index (χ0) is 51.8. The molecule has 0 fully saturated rings. The summed E-state index contributed by atoms with van der Waals surface area (Å²) in [5.41, 5.74) is 0. The van der Waals surface area contributed by atoms with Gasteiger partial charge in [-0.15, -0.1) is 0 Å². The van der Waals surface area contributed by atoms with Crippen LogP contribution < -0.4 is 0 Å². The molecule has 0 aromatic carbocycles. The summed E-state index contributed by atoms with van der Waals surface area (Å²) in [6, 6.07) is 0. The van der Waals surface area contributed by atoms with Crippen LogP contribution in [0.25, 0.3) is 0 Å². The number of unbranched alkanes of at least 4 members (excludes halogenated alkanes) is 12. The summed E-state index contributed by atoms with van der Waals surface area (Å²) in [6.45, 7) is 56.5. The predicted octanol–water partition coefficient (Wildman–Crippen LogP) is 20.1. The molecule has 0 rings (SSSR count). The Kier molecular flexibility index (Phi) is 156. The van der Waals surface area contributed by atoms with E-state index in [4.69, 9.17) is 71.0 Å². The molecular formula is C54H108FeN6Sn4. The third-order valence-electron chi connectivity index (χ3n) is 10.6. The maximum atomic E-state index is 6.25. The summed E-state index contributed by atoms with van der Waals surface area (Å²) in [5, 5.41) is 37.5. The molecule has 0 aliphatic heterocycles. The van der Waals surface area contributed by atoms with Crippen molar-refractivity contribution in [2.24, 2.45) is 0 Å². The summed E-state index contributed by atoms with van der Waals surface area (Å²) in [7, 11) is 0. The quantitative estimate of drug-likeness (QED) is 0.0451. The summed E-state index contributed by atoms with van der Waals surface area (Å²) in [5.74, 6) is 0. The van der Waals surface area contributed by atoms with Crippen LogP contribution in [0.15, 0.2) is 0 Å². The van der Waals surface area contributed by atoms with Crippen molar-refractivity contribution in [2.75, 3.05) is 0 Å². The molecule has 0 N–H and O–H groups in total. The first-order valence-corrected chi connectivity index (χ1v) is 50.3. The molecule has 0 radical (unpaired) electrons. The molecule has 0 spiro atoms. The van der Waals surface area contributed by atoms with Crippen LogP contribution in [0, 0.1) is 71.0 Å². The molecule has 0 aliphatic carbocycles. The number of hydrogen-bond acceptors (Lipinski definition) is 6. The SMILES string of the molecule is CCC[CH2][Sn+]([CH2]CCC)[CH2]CCC.CCC[CH2][Sn+]([CH2]CCC)[CH2]CCC.CCC[CH2][Sn+]([CH2]CCC)[CH2]CCC.CCC[CH2][Sn+]([CH2]CCC)[CH2]CCC.[C-]#N.[C-]#N.[C-]#N.[C-]#N.[C-]#N.[C-]#N.[Fe+2]. The second-order valence-electron chi connectivity index (χ2n) is 16.2. The van der Waals surface area contributed by atoms with Crippen LogP contribution in [0.4, 0.5) is 0 Å². The molecule has 65 heavy (non-hydrogen) atoms. The third-order valence-corrected chi connectivity index (χ3v) is 46.9. The first-order valence-electron chi connectivity index (χ1n) is 26.1. The summed E-state index contributed by atoms with van der Waals surface area (Å²) >= 11 is -3.36. The molecule has 0 aromatic heterocycles.